The lowest BCUT2D eigenvalue weighted by Gasteiger charge is -2.42. The van der Waals surface area contributed by atoms with Crippen LogP contribution in [0.15, 0.2) is 34.3 Å². The predicted octanol–water partition coefficient (Wildman–Crippen LogP) is 1.53. The van der Waals surface area contributed by atoms with Gasteiger partial charge in [-0.05, 0) is 39.2 Å². The molecule has 5 rings (SSSR count). The number of benzene rings is 1. The number of phosphoric ester groups is 1. The van der Waals surface area contributed by atoms with Crippen molar-refractivity contribution in [1.82, 2.24) is 19.7 Å². The molecule has 0 saturated carbocycles. The first kappa shape index (κ1) is 38.5. The van der Waals surface area contributed by atoms with Gasteiger partial charge < -0.3 is 49.5 Å². The third-order valence-corrected chi connectivity index (χ3v) is 9.57. The highest BCUT2D eigenvalue weighted by Gasteiger charge is 2.54. The second-order valence-corrected chi connectivity index (χ2v) is 14.0. The molecule has 2 aromatic rings. The Kier molecular flexibility index (Phi) is 11.2. The number of nitrogens with zero attached hydrogens (tertiary/aromatic N) is 4. The first-order valence-corrected chi connectivity index (χ1v) is 17.5. The number of nitrogens with two attached hydrogens (primary N) is 1. The van der Waals surface area contributed by atoms with Crippen molar-refractivity contribution in [2.45, 2.75) is 69.8 Å². The molecule has 4 atom stereocenters. The van der Waals surface area contributed by atoms with Gasteiger partial charge in [0.2, 0.25) is 18.0 Å². The number of pyridine rings is 1. The smallest absolute Gasteiger partial charge is 0.437 e. The number of rotatable bonds is 11. The topological polar surface area (TPSA) is 242 Å². The average Bonchev–Trinajstić information content (AvgIpc) is 3.41. The van der Waals surface area contributed by atoms with Crippen LogP contribution in [0.3, 0.4) is 0 Å². The summed E-state index contributed by atoms with van der Waals surface area (Å²) in [5.41, 5.74) is 3.39. The average molecular weight is 755 g/mol. The maximum absolute atomic E-state index is 14.3. The number of carbonyl (C=O) groups is 4. The Bertz CT molecular complexity index is 1920. The van der Waals surface area contributed by atoms with Crippen LogP contribution in [0.1, 0.15) is 72.0 Å². The van der Waals surface area contributed by atoms with Crippen LogP contribution in [-0.4, -0.2) is 98.4 Å². The minimum absolute atomic E-state index is 0.0768. The maximum Gasteiger partial charge on any atom is 0.472 e. The Hall–Kier alpha value is -4.75. The molecule has 52 heavy (non-hydrogen) atoms. The molecular formula is C31H37F2N6O12P. The number of carbonyl (C=O) groups excluding carboxylic acids is 4. The molecule has 0 aliphatic carbocycles. The molecule has 1 fully saturated rings. The van der Waals surface area contributed by atoms with Crippen molar-refractivity contribution in [3.8, 4) is 5.75 Å². The molecule has 4 heterocycles. The number of aromatic nitrogens is 1. The zero-order chi connectivity index (χ0) is 38.1. The molecule has 1 spiro atoms. The second kappa shape index (κ2) is 15.1. The lowest BCUT2D eigenvalue weighted by atomic mass is 9.84. The Morgan fingerprint density at radius 1 is 1.27 bits per heavy atom. The van der Waals surface area contributed by atoms with E-state index in [0.29, 0.717) is 31.0 Å². The van der Waals surface area contributed by atoms with Crippen LogP contribution in [0.5, 0.6) is 5.75 Å². The Morgan fingerprint density at radius 3 is 2.65 bits per heavy atom. The lowest BCUT2D eigenvalue weighted by molar-refractivity contribution is -0.152. The van der Waals surface area contributed by atoms with E-state index >= 15 is 0 Å². The summed E-state index contributed by atoms with van der Waals surface area (Å²) in [7, 11) is -3.67. The highest BCUT2D eigenvalue weighted by molar-refractivity contribution is 7.46. The van der Waals surface area contributed by atoms with Crippen molar-refractivity contribution in [1.29, 1.82) is 0 Å². The van der Waals surface area contributed by atoms with E-state index in [1.54, 1.807) is 6.92 Å². The summed E-state index contributed by atoms with van der Waals surface area (Å²) >= 11 is 0. The fourth-order valence-electron chi connectivity index (χ4n) is 6.27. The van der Waals surface area contributed by atoms with Crippen molar-refractivity contribution >= 4 is 37.4 Å². The number of fused-ring (bicyclic) bond motifs is 5. The SMILES string of the molecule is CC1=NO[C@@]2(CC[C@H](C)N3C[C@H]2n2cc(C(=O)NCc4ccc(F)cc4F)c(=O)c(OC(=O)N(C)CCC(N)C(=O)OCOP(=O)(O)O)c2C3=O)C1. The second-order valence-electron chi connectivity index (χ2n) is 12.8. The maximum atomic E-state index is 14.3. The normalized spacial score (nSPS) is 21.4. The molecule has 3 aliphatic rings. The van der Waals surface area contributed by atoms with E-state index < -0.39 is 91.1 Å². The highest BCUT2D eigenvalue weighted by atomic mass is 31.2. The zero-order valence-electron chi connectivity index (χ0n) is 28.2. The minimum atomic E-state index is -4.91. The number of hydrogen-bond donors (Lipinski definition) is 4. The van der Waals surface area contributed by atoms with Crippen LogP contribution in [0.25, 0.3) is 0 Å². The van der Waals surface area contributed by atoms with Gasteiger partial charge in [0.1, 0.15) is 23.2 Å². The number of esters is 1. The number of halogens is 2. The molecule has 1 unspecified atom stereocenters. The molecule has 1 aromatic heterocycles. The summed E-state index contributed by atoms with van der Waals surface area (Å²) in [5, 5.41) is 6.58. The van der Waals surface area contributed by atoms with E-state index in [1.165, 1.54) is 22.7 Å². The summed E-state index contributed by atoms with van der Waals surface area (Å²) in [5.74, 6) is -5.29. The minimum Gasteiger partial charge on any atom is -0.437 e. The summed E-state index contributed by atoms with van der Waals surface area (Å²) in [6, 6.07) is 0.351. The van der Waals surface area contributed by atoms with Gasteiger partial charge >= 0.3 is 19.9 Å². The molecular weight excluding hydrogens is 717 g/mol. The van der Waals surface area contributed by atoms with Gasteiger partial charge in [-0.15, -0.1) is 0 Å². The van der Waals surface area contributed by atoms with Gasteiger partial charge in [-0.25, -0.2) is 22.7 Å². The number of nitrogens with one attached hydrogen (secondary N) is 1. The molecule has 21 heteroatoms. The lowest BCUT2D eigenvalue weighted by Crippen LogP contribution is -2.52. The van der Waals surface area contributed by atoms with E-state index in [-0.39, 0.29) is 36.8 Å². The summed E-state index contributed by atoms with van der Waals surface area (Å²) in [4.78, 5) is 93.0. The van der Waals surface area contributed by atoms with Crippen molar-refractivity contribution in [3.63, 3.8) is 0 Å². The molecule has 5 N–H and O–H groups in total. The molecule has 0 radical (unpaired) electrons. The van der Waals surface area contributed by atoms with Crippen molar-refractivity contribution in [2.24, 2.45) is 10.9 Å². The summed E-state index contributed by atoms with van der Waals surface area (Å²) < 4.78 is 54.1. The quantitative estimate of drug-likeness (QED) is 0.145. The Labute approximate surface area is 294 Å². The number of oxime groups is 1. The van der Waals surface area contributed by atoms with Gasteiger partial charge in [0.15, 0.2) is 11.3 Å². The van der Waals surface area contributed by atoms with Gasteiger partial charge in [-0.2, -0.15) is 0 Å². The van der Waals surface area contributed by atoms with Gasteiger partial charge in [-0.1, -0.05) is 11.2 Å². The first-order valence-electron chi connectivity index (χ1n) is 16.0. The third-order valence-electron chi connectivity index (χ3n) is 9.12. The van der Waals surface area contributed by atoms with Crippen LogP contribution in [0.2, 0.25) is 0 Å². The van der Waals surface area contributed by atoms with Crippen molar-refractivity contribution < 1.29 is 61.1 Å². The van der Waals surface area contributed by atoms with Gasteiger partial charge in [0, 0.05) is 57.0 Å². The summed E-state index contributed by atoms with van der Waals surface area (Å²) in [6.07, 6.45) is 1.08. The van der Waals surface area contributed by atoms with Crippen LogP contribution in [0, 0.1) is 11.6 Å². The van der Waals surface area contributed by atoms with E-state index in [1.807, 2.05) is 6.92 Å². The van der Waals surface area contributed by atoms with E-state index in [0.717, 1.165) is 17.0 Å². The molecule has 3 amide bonds. The van der Waals surface area contributed by atoms with Crippen LogP contribution >= 0.6 is 7.82 Å². The van der Waals surface area contributed by atoms with E-state index in [4.69, 9.17) is 25.1 Å². The van der Waals surface area contributed by atoms with E-state index in [9.17, 15) is 37.3 Å². The number of ether oxygens (including phenoxy) is 2. The zero-order valence-corrected chi connectivity index (χ0v) is 29.1. The number of phosphoric acid groups is 1. The molecule has 2 bridgehead atoms. The third kappa shape index (κ3) is 8.15. The first-order chi connectivity index (χ1) is 24.4. The Balaban J connectivity index is 1.46. The van der Waals surface area contributed by atoms with Crippen molar-refractivity contribution in [2.75, 3.05) is 26.9 Å². The Morgan fingerprint density at radius 2 is 2.00 bits per heavy atom. The molecule has 282 valence electrons. The largest absolute Gasteiger partial charge is 0.472 e. The van der Waals surface area contributed by atoms with Gasteiger partial charge in [0.25, 0.3) is 11.8 Å². The standard InChI is InChI=1S/C31H37F2N6O12P/c1-16-11-31(51-36-16)8-6-17(2)38-14-23(31)39-13-20(27(41)35-12-18-4-5-19(32)10-21(18)33)25(40)26(24(39)28(38)42)50-30(44)37(3)9-7-22(34)29(43)48-15-49-52(45,46)47/h4-5,10,13,17,22-23H,6-9,11-12,14-15,34H2,1-3H3,(H,35,41)(H2,45,46,47)/t17-,22?,23+,31-/m0/s1. The van der Waals surface area contributed by atoms with Gasteiger partial charge in [-0.3, -0.25) is 19.2 Å². The van der Waals surface area contributed by atoms with Crippen LogP contribution in [-0.2, 0) is 30.0 Å². The molecule has 3 aliphatic heterocycles. The summed E-state index contributed by atoms with van der Waals surface area (Å²) in [6.45, 7) is 1.93. The highest BCUT2D eigenvalue weighted by Crippen LogP contribution is 2.46. The van der Waals surface area contributed by atoms with Crippen LogP contribution in [0.4, 0.5) is 13.6 Å². The number of amides is 3. The van der Waals surface area contributed by atoms with E-state index in [2.05, 4.69) is 19.7 Å². The fraction of sp³-hybridized carbons (Fsp3) is 0.484. The molecule has 1 aromatic carbocycles. The fourth-order valence-corrected chi connectivity index (χ4v) is 6.46. The predicted molar refractivity (Wildman–Crippen MR) is 174 cm³/mol. The van der Waals surface area contributed by atoms with Gasteiger partial charge in [0.05, 0.1) is 11.8 Å². The van der Waals surface area contributed by atoms with Crippen LogP contribution < -0.4 is 21.2 Å². The molecule has 18 nitrogen and oxygen atoms in total. The van der Waals surface area contributed by atoms with Crippen molar-refractivity contribution in [3.05, 3.63) is 63.1 Å². The molecule has 1 saturated heterocycles. The number of hydrogen-bond acceptors (Lipinski definition) is 12. The monoisotopic (exact) mass is 754 g/mol.